The second-order valence-corrected chi connectivity index (χ2v) is 3.48. The molecule has 1 aromatic heterocycles. The molecule has 0 N–H and O–H groups in total. The Morgan fingerprint density at radius 2 is 2.36 bits per heavy atom. The molecule has 0 aromatic carbocycles. The molecule has 1 atom stereocenters. The molecule has 0 radical (unpaired) electrons. The minimum Gasteiger partial charge on any atom is -0.481 e. The Morgan fingerprint density at radius 1 is 1.64 bits per heavy atom. The molecule has 0 aliphatic rings. The summed E-state index contributed by atoms with van der Waals surface area (Å²) in [6.45, 7) is 2.07. The van der Waals surface area contributed by atoms with Crippen LogP contribution < -0.4 is 9.64 Å². The van der Waals surface area contributed by atoms with Crippen molar-refractivity contribution in [3.05, 3.63) is 18.3 Å². The van der Waals surface area contributed by atoms with Crippen molar-refractivity contribution in [3.8, 4) is 5.88 Å². The second-order valence-electron chi connectivity index (χ2n) is 3.17. The molecular formula is C10H15ClN2O. The van der Waals surface area contributed by atoms with Crippen LogP contribution in [0.15, 0.2) is 18.3 Å². The van der Waals surface area contributed by atoms with Crippen molar-refractivity contribution in [2.45, 2.75) is 13.0 Å². The average Bonchev–Trinajstić information content (AvgIpc) is 2.27. The van der Waals surface area contributed by atoms with Crippen LogP contribution in [0.25, 0.3) is 0 Å². The lowest BCUT2D eigenvalue weighted by atomic mass is 10.3. The van der Waals surface area contributed by atoms with E-state index in [1.54, 1.807) is 13.3 Å². The van der Waals surface area contributed by atoms with E-state index in [0.29, 0.717) is 17.8 Å². The van der Waals surface area contributed by atoms with Crippen LogP contribution in [-0.2, 0) is 0 Å². The maximum absolute atomic E-state index is 5.78. The molecule has 0 aliphatic heterocycles. The van der Waals surface area contributed by atoms with Crippen molar-refractivity contribution in [1.29, 1.82) is 0 Å². The first kappa shape index (κ1) is 11.1. The minimum absolute atomic E-state index is 0.295. The summed E-state index contributed by atoms with van der Waals surface area (Å²) < 4.78 is 5.05. The summed E-state index contributed by atoms with van der Waals surface area (Å²) >= 11 is 5.78. The quantitative estimate of drug-likeness (QED) is 0.719. The van der Waals surface area contributed by atoms with Gasteiger partial charge in [-0.15, -0.1) is 11.6 Å². The largest absolute Gasteiger partial charge is 0.481 e. The van der Waals surface area contributed by atoms with Gasteiger partial charge >= 0.3 is 0 Å². The van der Waals surface area contributed by atoms with Crippen LogP contribution in [0.2, 0.25) is 0 Å². The van der Waals surface area contributed by atoms with Crippen molar-refractivity contribution < 1.29 is 4.74 Å². The van der Waals surface area contributed by atoms with Gasteiger partial charge in [-0.1, -0.05) is 0 Å². The van der Waals surface area contributed by atoms with Gasteiger partial charge in [0.2, 0.25) is 5.88 Å². The van der Waals surface area contributed by atoms with E-state index in [9.17, 15) is 0 Å². The van der Waals surface area contributed by atoms with Crippen LogP contribution in [0.1, 0.15) is 6.92 Å². The highest BCUT2D eigenvalue weighted by Crippen LogP contribution is 2.19. The third kappa shape index (κ3) is 2.51. The molecule has 1 unspecified atom stereocenters. The monoisotopic (exact) mass is 214 g/mol. The molecule has 14 heavy (non-hydrogen) atoms. The van der Waals surface area contributed by atoms with Gasteiger partial charge in [-0.05, 0) is 13.0 Å². The van der Waals surface area contributed by atoms with E-state index in [-0.39, 0.29) is 0 Å². The van der Waals surface area contributed by atoms with Gasteiger partial charge in [-0.2, -0.15) is 0 Å². The number of pyridine rings is 1. The molecule has 3 nitrogen and oxygen atoms in total. The summed E-state index contributed by atoms with van der Waals surface area (Å²) in [7, 11) is 3.61. The van der Waals surface area contributed by atoms with Crippen LogP contribution in [-0.4, -0.2) is 31.1 Å². The van der Waals surface area contributed by atoms with Crippen molar-refractivity contribution in [2.75, 3.05) is 24.9 Å². The van der Waals surface area contributed by atoms with Gasteiger partial charge in [0.25, 0.3) is 0 Å². The lowest BCUT2D eigenvalue weighted by molar-refractivity contribution is 0.398. The number of hydrogen-bond acceptors (Lipinski definition) is 3. The Hall–Kier alpha value is -0.960. The zero-order valence-corrected chi connectivity index (χ0v) is 9.45. The van der Waals surface area contributed by atoms with Gasteiger partial charge in [0, 0.05) is 36.9 Å². The molecule has 1 heterocycles. The molecule has 0 amide bonds. The van der Waals surface area contributed by atoms with E-state index < -0.39 is 0 Å². The number of aromatic nitrogens is 1. The number of methoxy groups -OCH3 is 1. The fourth-order valence-electron chi connectivity index (χ4n) is 1.09. The summed E-state index contributed by atoms with van der Waals surface area (Å²) in [6.07, 6.45) is 1.73. The van der Waals surface area contributed by atoms with E-state index >= 15 is 0 Å². The van der Waals surface area contributed by atoms with Crippen molar-refractivity contribution in [3.63, 3.8) is 0 Å². The van der Waals surface area contributed by atoms with E-state index in [4.69, 9.17) is 16.3 Å². The highest BCUT2D eigenvalue weighted by molar-refractivity contribution is 6.18. The third-order valence-electron chi connectivity index (χ3n) is 2.22. The number of hydrogen-bond donors (Lipinski definition) is 0. The van der Waals surface area contributed by atoms with Crippen molar-refractivity contribution in [1.82, 2.24) is 4.98 Å². The number of nitrogens with zero attached hydrogens (tertiary/aromatic N) is 2. The first-order valence-electron chi connectivity index (χ1n) is 4.48. The molecule has 1 aromatic rings. The first-order valence-corrected chi connectivity index (χ1v) is 5.01. The average molecular weight is 215 g/mol. The normalized spacial score (nSPS) is 12.3. The Morgan fingerprint density at radius 3 is 2.93 bits per heavy atom. The lowest BCUT2D eigenvalue weighted by Gasteiger charge is -2.25. The van der Waals surface area contributed by atoms with Crippen molar-refractivity contribution >= 4 is 17.3 Å². The van der Waals surface area contributed by atoms with Crippen LogP contribution in [0, 0.1) is 0 Å². The van der Waals surface area contributed by atoms with E-state index in [1.807, 2.05) is 19.2 Å². The zero-order valence-electron chi connectivity index (χ0n) is 8.70. The van der Waals surface area contributed by atoms with Gasteiger partial charge < -0.3 is 9.64 Å². The summed E-state index contributed by atoms with van der Waals surface area (Å²) in [6, 6.07) is 4.12. The molecule has 1 rings (SSSR count). The van der Waals surface area contributed by atoms with E-state index in [2.05, 4.69) is 16.8 Å². The Kier molecular flexibility index (Phi) is 4.01. The van der Waals surface area contributed by atoms with E-state index in [1.165, 1.54) is 0 Å². The van der Waals surface area contributed by atoms with Gasteiger partial charge in [0.15, 0.2) is 0 Å². The highest BCUT2D eigenvalue weighted by atomic mass is 35.5. The number of halogens is 1. The topological polar surface area (TPSA) is 25.4 Å². The zero-order chi connectivity index (χ0) is 10.6. The molecule has 0 aliphatic carbocycles. The van der Waals surface area contributed by atoms with Crippen LogP contribution in [0.3, 0.4) is 0 Å². The molecule has 0 bridgehead atoms. The standard InChI is InChI=1S/C10H15ClN2O/c1-8(7-11)13(2)9-4-5-12-10(6-9)14-3/h4-6,8H,7H2,1-3H3. The van der Waals surface area contributed by atoms with Gasteiger partial charge in [0.1, 0.15) is 0 Å². The molecule has 4 heteroatoms. The molecule has 0 saturated heterocycles. The predicted octanol–water partition coefficient (Wildman–Crippen LogP) is 2.15. The highest BCUT2D eigenvalue weighted by Gasteiger charge is 2.09. The summed E-state index contributed by atoms with van der Waals surface area (Å²) in [5, 5.41) is 0. The van der Waals surface area contributed by atoms with Crippen LogP contribution in [0.5, 0.6) is 5.88 Å². The first-order chi connectivity index (χ1) is 6.69. The van der Waals surface area contributed by atoms with E-state index in [0.717, 1.165) is 5.69 Å². The summed E-state index contributed by atoms with van der Waals surface area (Å²) in [5.74, 6) is 1.22. The molecule has 0 fully saturated rings. The fraction of sp³-hybridized carbons (Fsp3) is 0.500. The fourth-order valence-corrected chi connectivity index (χ4v) is 1.30. The Balaban J connectivity index is 2.83. The molecule has 78 valence electrons. The smallest absolute Gasteiger partial charge is 0.214 e. The molecular weight excluding hydrogens is 200 g/mol. The maximum atomic E-state index is 5.78. The second kappa shape index (κ2) is 5.05. The molecule has 0 spiro atoms. The SMILES string of the molecule is COc1cc(N(C)C(C)CCl)ccn1. The van der Waals surface area contributed by atoms with Gasteiger partial charge in [-0.25, -0.2) is 4.98 Å². The third-order valence-corrected chi connectivity index (χ3v) is 2.67. The number of alkyl halides is 1. The summed E-state index contributed by atoms with van der Waals surface area (Å²) in [5.41, 5.74) is 1.06. The van der Waals surface area contributed by atoms with Crippen LogP contribution in [0.4, 0.5) is 5.69 Å². The molecule has 0 saturated carbocycles. The van der Waals surface area contributed by atoms with Crippen LogP contribution >= 0.6 is 11.6 Å². The predicted molar refractivity (Wildman–Crippen MR) is 59.4 cm³/mol. The lowest BCUT2D eigenvalue weighted by Crippen LogP contribution is -2.30. The maximum Gasteiger partial charge on any atom is 0.214 e. The minimum atomic E-state index is 0.295. The Labute approximate surface area is 89.7 Å². The Bertz CT molecular complexity index is 293. The van der Waals surface area contributed by atoms with Crippen molar-refractivity contribution in [2.24, 2.45) is 0 Å². The summed E-state index contributed by atoms with van der Waals surface area (Å²) in [4.78, 5) is 6.14. The number of ether oxygens (including phenoxy) is 1. The van der Waals surface area contributed by atoms with Gasteiger partial charge in [0.05, 0.1) is 7.11 Å². The number of rotatable bonds is 4. The number of anilines is 1. The van der Waals surface area contributed by atoms with Gasteiger partial charge in [-0.3, -0.25) is 0 Å².